The fraction of sp³-hybridized carbons (Fsp3) is 0.438. The normalized spacial score (nSPS) is 21.3. The number of benzene rings is 1. The van der Waals surface area contributed by atoms with Gasteiger partial charge >= 0.3 is 5.97 Å². The van der Waals surface area contributed by atoms with Crippen molar-refractivity contribution in [3.05, 3.63) is 23.8 Å². The van der Waals surface area contributed by atoms with Gasteiger partial charge in [-0.15, -0.1) is 11.8 Å². The van der Waals surface area contributed by atoms with Gasteiger partial charge in [-0.2, -0.15) is 0 Å². The van der Waals surface area contributed by atoms with Crippen LogP contribution in [0.2, 0.25) is 0 Å². The number of hydrogen-bond donors (Lipinski definition) is 3. The van der Waals surface area contributed by atoms with E-state index in [9.17, 15) is 19.5 Å². The molecule has 2 aliphatic heterocycles. The predicted octanol–water partition coefficient (Wildman–Crippen LogP) is 1.34. The van der Waals surface area contributed by atoms with Crippen LogP contribution in [0.4, 0.5) is 5.69 Å². The van der Waals surface area contributed by atoms with E-state index in [1.54, 1.807) is 18.2 Å². The number of thioether (sulfide) groups is 1. The van der Waals surface area contributed by atoms with Crippen LogP contribution in [0, 0.1) is 5.92 Å². The van der Waals surface area contributed by atoms with Crippen molar-refractivity contribution in [2.24, 2.45) is 5.92 Å². The molecule has 1 saturated heterocycles. The smallest absolute Gasteiger partial charge is 0.326 e. The van der Waals surface area contributed by atoms with Crippen molar-refractivity contribution < 1.29 is 24.2 Å². The first-order chi connectivity index (χ1) is 11.5. The largest absolute Gasteiger partial charge is 0.480 e. The first-order valence-corrected chi connectivity index (χ1v) is 8.71. The van der Waals surface area contributed by atoms with Gasteiger partial charge in [0.1, 0.15) is 6.04 Å². The lowest BCUT2D eigenvalue weighted by Crippen LogP contribution is -2.48. The van der Waals surface area contributed by atoms with Gasteiger partial charge in [0.2, 0.25) is 5.91 Å². The Hall–Kier alpha value is -2.06. The first-order valence-electron chi connectivity index (χ1n) is 7.72. The van der Waals surface area contributed by atoms with E-state index in [0.717, 1.165) is 11.3 Å². The van der Waals surface area contributed by atoms with Crippen molar-refractivity contribution >= 4 is 35.2 Å². The van der Waals surface area contributed by atoms with Crippen molar-refractivity contribution in [1.82, 2.24) is 5.32 Å². The highest BCUT2D eigenvalue weighted by Crippen LogP contribution is 2.32. The molecule has 2 unspecified atom stereocenters. The fourth-order valence-corrected chi connectivity index (χ4v) is 3.65. The van der Waals surface area contributed by atoms with E-state index >= 15 is 0 Å². The van der Waals surface area contributed by atoms with Gasteiger partial charge in [0, 0.05) is 23.0 Å². The summed E-state index contributed by atoms with van der Waals surface area (Å²) in [7, 11) is 0. The van der Waals surface area contributed by atoms with E-state index in [2.05, 4.69) is 10.6 Å². The highest BCUT2D eigenvalue weighted by molar-refractivity contribution is 8.00. The molecule has 1 aromatic carbocycles. The van der Waals surface area contributed by atoms with Crippen molar-refractivity contribution in [2.45, 2.75) is 23.8 Å². The summed E-state index contributed by atoms with van der Waals surface area (Å²) < 4.78 is 5.32. The van der Waals surface area contributed by atoms with E-state index in [1.807, 2.05) is 0 Å². The summed E-state index contributed by atoms with van der Waals surface area (Å²) in [6.07, 6.45) is 1.49. The third kappa shape index (κ3) is 3.70. The number of carbonyl (C=O) groups is 3. The molecule has 0 aliphatic carbocycles. The SMILES string of the molecule is O=C1CSc2ccc(C(=O)NC(C(=O)O)C3CCCOC3)cc2N1. The maximum Gasteiger partial charge on any atom is 0.326 e. The van der Waals surface area contributed by atoms with Gasteiger partial charge in [-0.1, -0.05) is 0 Å². The van der Waals surface area contributed by atoms with E-state index in [0.29, 0.717) is 36.6 Å². The molecule has 0 spiro atoms. The third-order valence-corrected chi connectivity index (χ3v) is 5.17. The lowest BCUT2D eigenvalue weighted by atomic mass is 9.93. The minimum absolute atomic E-state index is 0.118. The van der Waals surface area contributed by atoms with Gasteiger partial charge in [0.15, 0.2) is 0 Å². The van der Waals surface area contributed by atoms with E-state index in [1.165, 1.54) is 11.8 Å². The summed E-state index contributed by atoms with van der Waals surface area (Å²) in [6.45, 7) is 0.951. The number of amides is 2. The van der Waals surface area contributed by atoms with Gasteiger partial charge in [0.05, 0.1) is 18.0 Å². The molecule has 3 rings (SSSR count). The summed E-state index contributed by atoms with van der Waals surface area (Å²) in [4.78, 5) is 36.3. The fourth-order valence-electron chi connectivity index (χ4n) is 2.86. The lowest BCUT2D eigenvalue weighted by molar-refractivity contribution is -0.142. The highest BCUT2D eigenvalue weighted by atomic mass is 32.2. The monoisotopic (exact) mass is 350 g/mol. The molecule has 0 radical (unpaired) electrons. The van der Waals surface area contributed by atoms with Crippen molar-refractivity contribution in [1.29, 1.82) is 0 Å². The van der Waals surface area contributed by atoms with Crippen LogP contribution in [-0.4, -0.2) is 47.9 Å². The van der Waals surface area contributed by atoms with Gasteiger partial charge in [-0.3, -0.25) is 9.59 Å². The number of carboxylic acids is 1. The van der Waals surface area contributed by atoms with Gasteiger partial charge in [-0.25, -0.2) is 4.79 Å². The van der Waals surface area contributed by atoms with E-state index < -0.39 is 17.9 Å². The number of carboxylic acid groups (broad SMARTS) is 1. The molecular formula is C16H18N2O5S. The first kappa shape index (κ1) is 16.8. The molecule has 2 heterocycles. The maximum atomic E-state index is 12.4. The number of hydrogen-bond acceptors (Lipinski definition) is 5. The number of aliphatic carboxylic acids is 1. The number of carbonyl (C=O) groups excluding carboxylic acids is 2. The van der Waals surface area contributed by atoms with Crippen LogP contribution in [0.3, 0.4) is 0 Å². The molecular weight excluding hydrogens is 332 g/mol. The zero-order chi connectivity index (χ0) is 17.1. The standard InChI is InChI=1S/C16H18N2O5S/c19-13-8-24-12-4-3-9(6-11(12)17-13)15(20)18-14(16(21)22)10-2-1-5-23-7-10/h3-4,6,10,14H,1-2,5,7-8H2,(H,17,19)(H,18,20)(H,21,22). The molecule has 8 heteroatoms. The minimum atomic E-state index is -1.07. The maximum absolute atomic E-state index is 12.4. The van der Waals surface area contributed by atoms with Crippen LogP contribution >= 0.6 is 11.8 Å². The van der Waals surface area contributed by atoms with Crippen LogP contribution in [0.15, 0.2) is 23.1 Å². The molecule has 0 aromatic heterocycles. The highest BCUT2D eigenvalue weighted by Gasteiger charge is 2.31. The number of anilines is 1. The Morgan fingerprint density at radius 1 is 1.42 bits per heavy atom. The van der Waals surface area contributed by atoms with Crippen molar-refractivity contribution in [3.8, 4) is 0 Å². The van der Waals surface area contributed by atoms with Crippen molar-refractivity contribution in [2.75, 3.05) is 24.3 Å². The van der Waals surface area contributed by atoms with Crippen LogP contribution in [-0.2, 0) is 14.3 Å². The Morgan fingerprint density at radius 2 is 2.25 bits per heavy atom. The van der Waals surface area contributed by atoms with Crippen molar-refractivity contribution in [3.63, 3.8) is 0 Å². The average Bonchev–Trinajstić information content (AvgIpc) is 2.59. The zero-order valence-corrected chi connectivity index (χ0v) is 13.7. The summed E-state index contributed by atoms with van der Waals surface area (Å²) in [5, 5.41) is 14.7. The van der Waals surface area contributed by atoms with Crippen LogP contribution in [0.1, 0.15) is 23.2 Å². The summed E-state index contributed by atoms with van der Waals surface area (Å²) in [6, 6.07) is 3.98. The molecule has 2 amide bonds. The molecule has 1 fully saturated rings. The Kier molecular flexibility index (Phi) is 5.06. The summed E-state index contributed by atoms with van der Waals surface area (Å²) >= 11 is 1.40. The Morgan fingerprint density at radius 3 is 2.96 bits per heavy atom. The summed E-state index contributed by atoms with van der Waals surface area (Å²) in [5.41, 5.74) is 0.899. The second-order valence-electron chi connectivity index (χ2n) is 5.81. The average molecular weight is 350 g/mol. The topological polar surface area (TPSA) is 105 Å². The van der Waals surface area contributed by atoms with Crippen LogP contribution in [0.5, 0.6) is 0 Å². The second-order valence-corrected chi connectivity index (χ2v) is 6.83. The van der Waals surface area contributed by atoms with E-state index in [4.69, 9.17) is 4.74 Å². The number of ether oxygens (including phenoxy) is 1. The van der Waals surface area contributed by atoms with Gasteiger partial charge in [0.25, 0.3) is 5.91 Å². The van der Waals surface area contributed by atoms with Crippen LogP contribution < -0.4 is 10.6 Å². The summed E-state index contributed by atoms with van der Waals surface area (Å²) in [5.74, 6) is -1.55. The molecule has 0 saturated carbocycles. The molecule has 2 aliphatic rings. The van der Waals surface area contributed by atoms with E-state index in [-0.39, 0.29) is 11.8 Å². The minimum Gasteiger partial charge on any atom is -0.480 e. The van der Waals surface area contributed by atoms with Gasteiger partial charge < -0.3 is 20.5 Å². The molecule has 3 N–H and O–H groups in total. The molecule has 7 nitrogen and oxygen atoms in total. The van der Waals surface area contributed by atoms with Gasteiger partial charge in [-0.05, 0) is 31.0 Å². The Bertz CT molecular complexity index is 672. The Labute approximate surface area is 143 Å². The predicted molar refractivity (Wildman–Crippen MR) is 88.2 cm³/mol. The lowest BCUT2D eigenvalue weighted by Gasteiger charge is -2.28. The molecule has 1 aromatic rings. The quantitative estimate of drug-likeness (QED) is 0.757. The zero-order valence-electron chi connectivity index (χ0n) is 12.9. The van der Waals surface area contributed by atoms with Crippen LogP contribution in [0.25, 0.3) is 0 Å². The second kappa shape index (κ2) is 7.23. The Balaban J connectivity index is 1.74. The number of fused-ring (bicyclic) bond motifs is 1. The molecule has 128 valence electrons. The third-order valence-electron chi connectivity index (χ3n) is 4.09. The number of rotatable bonds is 4. The number of nitrogens with one attached hydrogen (secondary N) is 2. The molecule has 2 atom stereocenters. The molecule has 0 bridgehead atoms. The molecule has 24 heavy (non-hydrogen) atoms.